The van der Waals surface area contributed by atoms with Crippen molar-refractivity contribution in [2.45, 2.75) is 6.54 Å². The van der Waals surface area contributed by atoms with Crippen LogP contribution in [-0.4, -0.2) is 25.8 Å². The van der Waals surface area contributed by atoms with Gasteiger partial charge in [-0.1, -0.05) is 41.9 Å². The Morgan fingerprint density at radius 1 is 1.20 bits per heavy atom. The molecule has 0 atom stereocenters. The van der Waals surface area contributed by atoms with Crippen molar-refractivity contribution >= 4 is 39.8 Å². The maximum absolute atomic E-state index is 11.5. The van der Waals surface area contributed by atoms with Gasteiger partial charge in [-0.15, -0.1) is 11.3 Å². The number of carbonyl (C=O) groups is 1. The fourth-order valence-corrected chi connectivity index (χ4v) is 3.85. The Hall–Kier alpha value is -2.70. The van der Waals surface area contributed by atoms with E-state index in [1.54, 1.807) is 34.5 Å². The van der Waals surface area contributed by atoms with E-state index in [1.807, 2.05) is 30.3 Å². The van der Waals surface area contributed by atoms with Crippen LogP contribution in [-0.2, 0) is 6.54 Å². The third-order valence-corrected chi connectivity index (χ3v) is 5.06. The molecule has 0 aliphatic rings. The zero-order valence-electron chi connectivity index (χ0n) is 12.9. The number of carboxylic acids is 1. The van der Waals surface area contributed by atoms with Crippen molar-refractivity contribution in [3.63, 3.8) is 0 Å². The summed E-state index contributed by atoms with van der Waals surface area (Å²) in [6.07, 6.45) is 3.43. The summed E-state index contributed by atoms with van der Waals surface area (Å²) >= 11 is 7.56. The van der Waals surface area contributed by atoms with Gasteiger partial charge in [0.25, 0.3) is 0 Å². The summed E-state index contributed by atoms with van der Waals surface area (Å²) in [5.41, 5.74) is 1.77. The van der Waals surface area contributed by atoms with Gasteiger partial charge in [-0.3, -0.25) is 4.68 Å². The number of fused-ring (bicyclic) bond motifs is 1. The minimum absolute atomic E-state index is 0.146. The van der Waals surface area contributed by atoms with E-state index in [4.69, 9.17) is 11.6 Å². The molecule has 0 saturated heterocycles. The van der Waals surface area contributed by atoms with E-state index in [0.717, 1.165) is 15.4 Å². The molecule has 1 N–H and O–H groups in total. The number of aromatic nitrogens is 3. The molecule has 5 nitrogen and oxygen atoms in total. The van der Waals surface area contributed by atoms with E-state index in [-0.39, 0.29) is 5.56 Å². The first-order valence-corrected chi connectivity index (χ1v) is 8.70. The molecule has 0 fully saturated rings. The molecular weight excluding hydrogens is 358 g/mol. The summed E-state index contributed by atoms with van der Waals surface area (Å²) in [6.45, 7) is 0.454. The molecule has 0 saturated carbocycles. The lowest BCUT2D eigenvalue weighted by molar-refractivity contribution is 0.0698. The van der Waals surface area contributed by atoms with Crippen molar-refractivity contribution < 1.29 is 9.90 Å². The summed E-state index contributed by atoms with van der Waals surface area (Å²) in [6, 6.07) is 13.1. The largest absolute Gasteiger partial charge is 0.478 e. The molecule has 124 valence electrons. The third kappa shape index (κ3) is 3.01. The van der Waals surface area contributed by atoms with Gasteiger partial charge in [0.05, 0.1) is 23.8 Å². The van der Waals surface area contributed by atoms with Crippen LogP contribution in [0, 0.1) is 0 Å². The van der Waals surface area contributed by atoms with Gasteiger partial charge in [-0.2, -0.15) is 5.10 Å². The highest BCUT2D eigenvalue weighted by Crippen LogP contribution is 2.28. The number of benzene rings is 2. The second-order valence-electron chi connectivity index (χ2n) is 5.50. The predicted molar refractivity (Wildman–Crippen MR) is 98.4 cm³/mol. The van der Waals surface area contributed by atoms with E-state index >= 15 is 0 Å². The summed E-state index contributed by atoms with van der Waals surface area (Å²) < 4.78 is 1.68. The van der Waals surface area contributed by atoms with E-state index in [9.17, 15) is 9.90 Å². The quantitative estimate of drug-likeness (QED) is 0.572. The Morgan fingerprint density at radius 3 is 2.76 bits per heavy atom. The minimum atomic E-state index is -1.02. The van der Waals surface area contributed by atoms with Crippen LogP contribution in [0.3, 0.4) is 0 Å². The van der Waals surface area contributed by atoms with Crippen LogP contribution in [0.4, 0.5) is 0 Å². The molecule has 0 aliphatic heterocycles. The second-order valence-corrected chi connectivity index (χ2v) is 7.05. The highest BCUT2D eigenvalue weighted by atomic mass is 35.5. The number of hydrogen-bond acceptors (Lipinski definition) is 4. The van der Waals surface area contributed by atoms with Gasteiger partial charge < -0.3 is 5.11 Å². The average Bonchev–Trinajstić information content (AvgIpc) is 3.23. The summed E-state index contributed by atoms with van der Waals surface area (Å²) in [5, 5.41) is 15.8. The van der Waals surface area contributed by atoms with E-state index in [0.29, 0.717) is 22.5 Å². The molecule has 2 aromatic heterocycles. The fraction of sp³-hybridized carbons (Fsp3) is 0.0556. The first-order chi connectivity index (χ1) is 12.1. The van der Waals surface area contributed by atoms with Gasteiger partial charge in [0, 0.05) is 27.0 Å². The highest BCUT2D eigenvalue weighted by molar-refractivity contribution is 7.15. The lowest BCUT2D eigenvalue weighted by atomic mass is 10.1. The summed E-state index contributed by atoms with van der Waals surface area (Å²) in [5.74, 6) is -1.02. The van der Waals surface area contributed by atoms with Crippen LogP contribution < -0.4 is 0 Å². The topological polar surface area (TPSA) is 68.0 Å². The molecule has 7 heteroatoms. The van der Waals surface area contributed by atoms with Crippen LogP contribution in [0.1, 0.15) is 15.2 Å². The molecule has 0 amide bonds. The van der Waals surface area contributed by atoms with Gasteiger partial charge in [-0.05, 0) is 12.1 Å². The second kappa shape index (κ2) is 6.31. The van der Waals surface area contributed by atoms with Crippen LogP contribution in [0.2, 0.25) is 5.02 Å². The van der Waals surface area contributed by atoms with E-state index < -0.39 is 5.97 Å². The standard InChI is InChI=1S/C18H12ClN3O2S/c19-13-6-12-8-21-22(16(12)15(7-13)18(23)24)10-14-9-20-17(25-14)11-4-2-1-3-5-11/h1-9H,10H2,(H,23,24). The van der Waals surface area contributed by atoms with E-state index in [2.05, 4.69) is 10.1 Å². The molecule has 25 heavy (non-hydrogen) atoms. The van der Waals surface area contributed by atoms with Gasteiger partial charge in [-0.25, -0.2) is 9.78 Å². The number of nitrogens with zero attached hydrogens (tertiary/aromatic N) is 3. The summed E-state index contributed by atoms with van der Waals surface area (Å²) in [7, 11) is 0. The Balaban J connectivity index is 1.72. The molecule has 0 radical (unpaired) electrons. The average molecular weight is 370 g/mol. The molecule has 0 bridgehead atoms. The molecule has 0 spiro atoms. The van der Waals surface area contributed by atoms with Crippen LogP contribution in [0.5, 0.6) is 0 Å². The summed E-state index contributed by atoms with van der Waals surface area (Å²) in [4.78, 5) is 17.0. The molecule has 2 heterocycles. The number of aromatic carboxylic acids is 1. The number of thiazole rings is 1. The van der Waals surface area contributed by atoms with Crippen LogP contribution in [0.25, 0.3) is 21.5 Å². The number of rotatable bonds is 4. The molecule has 0 unspecified atom stereocenters. The maximum atomic E-state index is 11.5. The molecular formula is C18H12ClN3O2S. The minimum Gasteiger partial charge on any atom is -0.478 e. The number of carboxylic acid groups (broad SMARTS) is 1. The third-order valence-electron chi connectivity index (χ3n) is 3.81. The number of hydrogen-bond donors (Lipinski definition) is 1. The molecule has 0 aliphatic carbocycles. The first-order valence-electron chi connectivity index (χ1n) is 7.50. The predicted octanol–water partition coefficient (Wildman–Crippen LogP) is 4.56. The Bertz CT molecular complexity index is 1070. The van der Waals surface area contributed by atoms with Crippen LogP contribution >= 0.6 is 22.9 Å². The zero-order valence-corrected chi connectivity index (χ0v) is 14.5. The lowest BCUT2D eigenvalue weighted by Gasteiger charge is -2.05. The Labute approximate surface area is 152 Å². The smallest absolute Gasteiger partial charge is 0.337 e. The van der Waals surface area contributed by atoms with Crippen molar-refractivity contribution in [3.05, 3.63) is 70.3 Å². The van der Waals surface area contributed by atoms with Crippen molar-refractivity contribution in [3.8, 4) is 10.6 Å². The molecule has 4 aromatic rings. The Morgan fingerprint density at radius 2 is 2.00 bits per heavy atom. The van der Waals surface area contributed by atoms with Crippen molar-refractivity contribution in [1.82, 2.24) is 14.8 Å². The first kappa shape index (κ1) is 15.8. The van der Waals surface area contributed by atoms with Crippen molar-refractivity contribution in [2.75, 3.05) is 0 Å². The van der Waals surface area contributed by atoms with Crippen LogP contribution in [0.15, 0.2) is 54.9 Å². The van der Waals surface area contributed by atoms with Gasteiger partial charge in [0.15, 0.2) is 0 Å². The monoisotopic (exact) mass is 369 g/mol. The SMILES string of the molecule is O=C(O)c1cc(Cl)cc2cnn(Cc3cnc(-c4ccccc4)s3)c12. The highest BCUT2D eigenvalue weighted by Gasteiger charge is 2.16. The molecule has 4 rings (SSSR count). The fourth-order valence-electron chi connectivity index (χ4n) is 2.72. The maximum Gasteiger partial charge on any atom is 0.337 e. The van der Waals surface area contributed by atoms with Gasteiger partial charge >= 0.3 is 5.97 Å². The van der Waals surface area contributed by atoms with E-state index in [1.165, 1.54) is 6.07 Å². The van der Waals surface area contributed by atoms with Crippen molar-refractivity contribution in [2.24, 2.45) is 0 Å². The zero-order chi connectivity index (χ0) is 17.4. The number of halogens is 1. The van der Waals surface area contributed by atoms with Gasteiger partial charge in [0.1, 0.15) is 5.01 Å². The Kier molecular flexibility index (Phi) is 3.99. The van der Waals surface area contributed by atoms with Crippen molar-refractivity contribution in [1.29, 1.82) is 0 Å². The lowest BCUT2D eigenvalue weighted by Crippen LogP contribution is -2.05. The molecule has 2 aromatic carbocycles. The normalized spacial score (nSPS) is 11.1. The van der Waals surface area contributed by atoms with Gasteiger partial charge in [0.2, 0.25) is 0 Å².